The molecule has 0 aliphatic rings. The van der Waals surface area contributed by atoms with Crippen LogP contribution in [0.3, 0.4) is 0 Å². The molecule has 3 aromatic rings. The molecule has 0 radical (unpaired) electrons. The molecule has 118 valence electrons. The Labute approximate surface area is 144 Å². The predicted octanol–water partition coefficient (Wildman–Crippen LogP) is 5.81. The van der Waals surface area contributed by atoms with Crippen LogP contribution >= 0.6 is 23.1 Å². The number of benzene rings is 2. The SMILES string of the molecule is CSc1cc(N(C)C)ccc1N=Nc1nc2ccc(C)cc2s1. The molecule has 1 heterocycles. The van der Waals surface area contributed by atoms with Gasteiger partial charge in [-0.1, -0.05) is 17.4 Å². The van der Waals surface area contributed by atoms with Gasteiger partial charge in [0.05, 0.1) is 15.9 Å². The van der Waals surface area contributed by atoms with Crippen molar-refractivity contribution in [2.24, 2.45) is 10.2 Å². The van der Waals surface area contributed by atoms with Gasteiger partial charge in [-0.3, -0.25) is 0 Å². The maximum absolute atomic E-state index is 4.51. The molecule has 0 fully saturated rings. The molecule has 0 atom stereocenters. The van der Waals surface area contributed by atoms with Crippen molar-refractivity contribution in [2.45, 2.75) is 11.8 Å². The van der Waals surface area contributed by atoms with Crippen molar-refractivity contribution < 1.29 is 0 Å². The van der Waals surface area contributed by atoms with E-state index in [0.29, 0.717) is 5.13 Å². The van der Waals surface area contributed by atoms with E-state index in [1.54, 1.807) is 23.1 Å². The fourth-order valence-electron chi connectivity index (χ4n) is 2.19. The fourth-order valence-corrected chi connectivity index (χ4v) is 3.63. The Bertz CT molecular complexity index is 868. The Kier molecular flexibility index (Phi) is 4.63. The van der Waals surface area contributed by atoms with Crippen molar-refractivity contribution in [3.63, 3.8) is 0 Å². The van der Waals surface area contributed by atoms with Gasteiger partial charge >= 0.3 is 0 Å². The maximum atomic E-state index is 4.51. The molecular formula is C17H18N4S2. The summed E-state index contributed by atoms with van der Waals surface area (Å²) < 4.78 is 1.15. The first-order valence-electron chi connectivity index (χ1n) is 7.21. The second-order valence-corrected chi connectivity index (χ2v) is 7.28. The summed E-state index contributed by atoms with van der Waals surface area (Å²) in [5, 5.41) is 9.42. The van der Waals surface area contributed by atoms with E-state index in [9.17, 15) is 0 Å². The molecule has 0 spiro atoms. The summed E-state index contributed by atoms with van der Waals surface area (Å²) in [5.41, 5.74) is 4.23. The third-order valence-electron chi connectivity index (χ3n) is 3.46. The van der Waals surface area contributed by atoms with E-state index < -0.39 is 0 Å². The van der Waals surface area contributed by atoms with Crippen molar-refractivity contribution in [3.05, 3.63) is 42.0 Å². The van der Waals surface area contributed by atoms with E-state index in [1.807, 2.05) is 32.5 Å². The molecule has 0 N–H and O–H groups in total. The summed E-state index contributed by atoms with van der Waals surface area (Å²) in [6.45, 7) is 2.08. The first kappa shape index (κ1) is 16.0. The molecule has 0 saturated carbocycles. The number of rotatable bonds is 4. The molecule has 1 aromatic heterocycles. The molecule has 0 aliphatic carbocycles. The third-order valence-corrected chi connectivity index (χ3v) is 5.12. The van der Waals surface area contributed by atoms with E-state index in [1.165, 1.54) is 5.56 Å². The molecule has 0 amide bonds. The first-order valence-corrected chi connectivity index (χ1v) is 9.25. The van der Waals surface area contributed by atoms with Gasteiger partial charge < -0.3 is 4.90 Å². The van der Waals surface area contributed by atoms with Gasteiger partial charge in [0, 0.05) is 24.7 Å². The van der Waals surface area contributed by atoms with Crippen molar-refractivity contribution in [3.8, 4) is 0 Å². The highest BCUT2D eigenvalue weighted by Crippen LogP contribution is 2.34. The number of thioether (sulfide) groups is 1. The van der Waals surface area contributed by atoms with Crippen LogP contribution in [0.15, 0.2) is 51.5 Å². The topological polar surface area (TPSA) is 40.9 Å². The van der Waals surface area contributed by atoms with Crippen LogP contribution in [0.5, 0.6) is 0 Å². The second-order valence-electron chi connectivity index (χ2n) is 5.42. The van der Waals surface area contributed by atoms with Crippen LogP contribution in [0.4, 0.5) is 16.5 Å². The summed E-state index contributed by atoms with van der Waals surface area (Å²) in [7, 11) is 4.06. The normalized spacial score (nSPS) is 11.5. The van der Waals surface area contributed by atoms with Crippen LogP contribution in [-0.2, 0) is 0 Å². The zero-order chi connectivity index (χ0) is 16.4. The molecule has 0 saturated heterocycles. The van der Waals surface area contributed by atoms with Crippen LogP contribution in [0.25, 0.3) is 10.2 Å². The van der Waals surface area contributed by atoms with E-state index in [0.717, 1.165) is 26.5 Å². The lowest BCUT2D eigenvalue weighted by atomic mass is 10.2. The van der Waals surface area contributed by atoms with Gasteiger partial charge in [-0.15, -0.1) is 22.0 Å². The standard InChI is InChI=1S/C17H18N4S2/c1-11-5-7-13-16(9-11)23-17(18-13)20-19-14-8-6-12(21(2)3)10-15(14)22-4/h5-10H,1-4H3. The van der Waals surface area contributed by atoms with Gasteiger partial charge in [-0.05, 0) is 49.1 Å². The number of aromatic nitrogens is 1. The van der Waals surface area contributed by atoms with Crippen molar-refractivity contribution in [2.75, 3.05) is 25.3 Å². The van der Waals surface area contributed by atoms with Gasteiger partial charge in [0.15, 0.2) is 0 Å². The minimum absolute atomic E-state index is 0.689. The summed E-state index contributed by atoms with van der Waals surface area (Å²) >= 11 is 3.24. The lowest BCUT2D eigenvalue weighted by molar-refractivity contribution is 1.11. The van der Waals surface area contributed by atoms with Crippen molar-refractivity contribution in [1.82, 2.24) is 4.98 Å². The highest BCUT2D eigenvalue weighted by atomic mass is 32.2. The molecule has 4 nitrogen and oxygen atoms in total. The smallest absolute Gasteiger partial charge is 0.231 e. The van der Waals surface area contributed by atoms with Gasteiger partial charge in [0.2, 0.25) is 5.13 Å². The Hall–Kier alpha value is -1.92. The van der Waals surface area contributed by atoms with E-state index in [4.69, 9.17) is 0 Å². The van der Waals surface area contributed by atoms with Gasteiger partial charge in [0.1, 0.15) is 0 Å². The second kappa shape index (κ2) is 6.68. The number of thiazole rings is 1. The Morgan fingerprint density at radius 2 is 1.91 bits per heavy atom. The monoisotopic (exact) mass is 342 g/mol. The average molecular weight is 342 g/mol. The average Bonchev–Trinajstić information content (AvgIpc) is 2.94. The summed E-state index contributed by atoms with van der Waals surface area (Å²) in [4.78, 5) is 7.70. The van der Waals surface area contributed by atoms with Crippen LogP contribution in [0.2, 0.25) is 0 Å². The number of aryl methyl sites for hydroxylation is 1. The lowest BCUT2D eigenvalue weighted by Gasteiger charge is -2.13. The first-order chi connectivity index (χ1) is 11.1. The molecule has 23 heavy (non-hydrogen) atoms. The summed E-state index contributed by atoms with van der Waals surface area (Å²) in [6.07, 6.45) is 2.05. The van der Waals surface area contributed by atoms with E-state index in [-0.39, 0.29) is 0 Å². The fraction of sp³-hybridized carbons (Fsp3) is 0.235. The number of fused-ring (bicyclic) bond motifs is 1. The Balaban J connectivity index is 1.91. The number of anilines is 1. The zero-order valence-corrected chi connectivity index (χ0v) is 15.2. The molecule has 0 bridgehead atoms. The highest BCUT2D eigenvalue weighted by molar-refractivity contribution is 7.98. The summed E-state index contributed by atoms with van der Waals surface area (Å²) in [5.74, 6) is 0. The molecule has 2 aromatic carbocycles. The highest BCUT2D eigenvalue weighted by Gasteiger charge is 2.06. The van der Waals surface area contributed by atoms with E-state index >= 15 is 0 Å². The molecule has 0 unspecified atom stereocenters. The minimum Gasteiger partial charge on any atom is -0.378 e. The van der Waals surface area contributed by atoms with Crippen LogP contribution in [0, 0.1) is 6.92 Å². The summed E-state index contributed by atoms with van der Waals surface area (Å²) in [6, 6.07) is 12.4. The lowest BCUT2D eigenvalue weighted by Crippen LogP contribution is -2.08. The quantitative estimate of drug-likeness (QED) is 0.444. The van der Waals surface area contributed by atoms with Gasteiger partial charge in [-0.2, -0.15) is 0 Å². The number of hydrogen-bond donors (Lipinski definition) is 0. The Morgan fingerprint density at radius 1 is 1.09 bits per heavy atom. The van der Waals surface area contributed by atoms with Crippen molar-refractivity contribution >= 4 is 49.8 Å². The number of nitrogens with zero attached hydrogens (tertiary/aromatic N) is 4. The largest absolute Gasteiger partial charge is 0.378 e. The predicted molar refractivity (Wildman–Crippen MR) is 101 cm³/mol. The van der Waals surface area contributed by atoms with Gasteiger partial charge in [0.25, 0.3) is 0 Å². The maximum Gasteiger partial charge on any atom is 0.231 e. The van der Waals surface area contributed by atoms with E-state index in [2.05, 4.69) is 51.3 Å². The molecule has 0 aliphatic heterocycles. The Morgan fingerprint density at radius 3 is 2.65 bits per heavy atom. The molecular weight excluding hydrogens is 324 g/mol. The number of azo groups is 1. The third kappa shape index (κ3) is 3.54. The van der Waals surface area contributed by atoms with Crippen molar-refractivity contribution in [1.29, 1.82) is 0 Å². The minimum atomic E-state index is 0.689. The van der Waals surface area contributed by atoms with Gasteiger partial charge in [-0.25, -0.2) is 4.98 Å². The van der Waals surface area contributed by atoms with Crippen LogP contribution in [0.1, 0.15) is 5.56 Å². The zero-order valence-electron chi connectivity index (χ0n) is 13.6. The molecule has 6 heteroatoms. The van der Waals surface area contributed by atoms with Crippen LogP contribution in [-0.4, -0.2) is 25.3 Å². The number of hydrogen-bond acceptors (Lipinski definition) is 6. The van der Waals surface area contributed by atoms with Crippen LogP contribution < -0.4 is 4.90 Å². The molecule has 3 rings (SSSR count).